The van der Waals surface area contributed by atoms with Crippen LogP contribution < -0.4 is 5.73 Å². The van der Waals surface area contributed by atoms with E-state index < -0.39 is 6.17 Å². The number of aryl methyl sites for hydroxylation is 2. The molecule has 0 bridgehead atoms. The Morgan fingerprint density at radius 2 is 1.88 bits per heavy atom. The van der Waals surface area contributed by atoms with Crippen LogP contribution >= 0.6 is 0 Å². The van der Waals surface area contributed by atoms with Crippen LogP contribution in [0.15, 0.2) is 18.2 Å². The molecule has 1 nitrogen and oxygen atoms in total. The molecule has 0 saturated carbocycles. The third kappa shape index (κ3) is 2.82. The molecule has 2 N–H and O–H groups in total. The van der Waals surface area contributed by atoms with Crippen molar-refractivity contribution in [2.24, 2.45) is 17.6 Å². The molecule has 2 heteroatoms. The highest BCUT2D eigenvalue weighted by Crippen LogP contribution is 2.32. The highest BCUT2D eigenvalue weighted by Gasteiger charge is 2.25. The molecule has 1 aromatic carbocycles. The minimum Gasteiger partial charge on any atom is -0.330 e. The van der Waals surface area contributed by atoms with Gasteiger partial charge in [-0.25, -0.2) is 4.39 Å². The van der Waals surface area contributed by atoms with Crippen molar-refractivity contribution in [1.82, 2.24) is 0 Å². The molecule has 0 aliphatic carbocycles. The maximum atomic E-state index is 14.4. The molecule has 1 aromatic rings. The Labute approximate surface area is 97.9 Å². The van der Waals surface area contributed by atoms with Crippen LogP contribution in [0.4, 0.5) is 4.39 Å². The maximum absolute atomic E-state index is 14.4. The third-order valence-electron chi connectivity index (χ3n) is 3.23. The van der Waals surface area contributed by atoms with Crippen LogP contribution in [0.5, 0.6) is 0 Å². The van der Waals surface area contributed by atoms with E-state index in [1.165, 1.54) is 5.56 Å². The van der Waals surface area contributed by atoms with Crippen LogP contribution in [0.25, 0.3) is 0 Å². The number of benzene rings is 1. The first-order valence-corrected chi connectivity index (χ1v) is 5.88. The van der Waals surface area contributed by atoms with Crippen molar-refractivity contribution in [2.45, 2.75) is 33.9 Å². The Balaban J connectivity index is 2.99. The van der Waals surface area contributed by atoms with E-state index in [-0.39, 0.29) is 11.8 Å². The predicted molar refractivity (Wildman–Crippen MR) is 67.1 cm³/mol. The average Bonchev–Trinajstić information content (AvgIpc) is 2.17. The predicted octanol–water partition coefficient (Wildman–Crippen LogP) is 3.54. The molecule has 0 aliphatic heterocycles. The lowest BCUT2D eigenvalue weighted by molar-refractivity contribution is 0.188. The minimum atomic E-state index is -0.953. The molecule has 0 saturated heterocycles. The summed E-state index contributed by atoms with van der Waals surface area (Å²) in [4.78, 5) is 0. The average molecular weight is 223 g/mol. The zero-order chi connectivity index (χ0) is 12.3. The second kappa shape index (κ2) is 5.44. The second-order valence-corrected chi connectivity index (χ2v) is 4.91. The molecule has 2 atom stereocenters. The van der Waals surface area contributed by atoms with E-state index in [4.69, 9.17) is 5.73 Å². The van der Waals surface area contributed by atoms with E-state index in [2.05, 4.69) is 0 Å². The summed E-state index contributed by atoms with van der Waals surface area (Å²) >= 11 is 0. The lowest BCUT2D eigenvalue weighted by Crippen LogP contribution is -2.25. The molecular formula is C14H22FN. The largest absolute Gasteiger partial charge is 0.330 e. The van der Waals surface area contributed by atoms with Crippen LogP contribution in [0.1, 0.15) is 36.7 Å². The molecule has 16 heavy (non-hydrogen) atoms. The summed E-state index contributed by atoms with van der Waals surface area (Å²) in [6.45, 7) is 8.42. The van der Waals surface area contributed by atoms with Crippen molar-refractivity contribution >= 4 is 0 Å². The first kappa shape index (κ1) is 13.2. The molecule has 1 rings (SSSR count). The van der Waals surface area contributed by atoms with Crippen LogP contribution in [0.2, 0.25) is 0 Å². The standard InChI is InChI=1S/C14H22FN/c1-9(2)13(8-16)14(15)12-6-5-10(3)7-11(12)4/h5-7,9,13-14H,8,16H2,1-4H3. The molecule has 0 fully saturated rings. The number of hydrogen-bond acceptors (Lipinski definition) is 1. The lowest BCUT2D eigenvalue weighted by atomic mass is 9.86. The molecule has 90 valence electrons. The van der Waals surface area contributed by atoms with Crippen molar-refractivity contribution in [2.75, 3.05) is 6.54 Å². The fourth-order valence-corrected chi connectivity index (χ4v) is 2.10. The van der Waals surface area contributed by atoms with Gasteiger partial charge < -0.3 is 5.73 Å². The Morgan fingerprint density at radius 3 is 2.31 bits per heavy atom. The molecule has 0 spiro atoms. The van der Waals surface area contributed by atoms with Gasteiger partial charge in [-0.15, -0.1) is 0 Å². The molecule has 0 aliphatic rings. The Morgan fingerprint density at radius 1 is 1.25 bits per heavy atom. The lowest BCUT2D eigenvalue weighted by Gasteiger charge is -2.24. The smallest absolute Gasteiger partial charge is 0.130 e. The van der Waals surface area contributed by atoms with Crippen LogP contribution in [0.3, 0.4) is 0 Å². The normalized spacial score (nSPS) is 15.2. The summed E-state index contributed by atoms with van der Waals surface area (Å²) in [5.41, 5.74) is 8.63. The van der Waals surface area contributed by atoms with E-state index in [9.17, 15) is 4.39 Å². The molecular weight excluding hydrogens is 201 g/mol. The number of hydrogen-bond donors (Lipinski definition) is 1. The zero-order valence-corrected chi connectivity index (χ0v) is 10.6. The highest BCUT2D eigenvalue weighted by atomic mass is 19.1. The first-order valence-electron chi connectivity index (χ1n) is 5.88. The fourth-order valence-electron chi connectivity index (χ4n) is 2.10. The van der Waals surface area contributed by atoms with Gasteiger partial charge in [0.1, 0.15) is 6.17 Å². The number of nitrogens with two attached hydrogens (primary N) is 1. The fraction of sp³-hybridized carbons (Fsp3) is 0.571. The Kier molecular flexibility index (Phi) is 4.48. The van der Waals surface area contributed by atoms with E-state index >= 15 is 0 Å². The van der Waals surface area contributed by atoms with E-state index in [1.54, 1.807) is 0 Å². The summed E-state index contributed by atoms with van der Waals surface area (Å²) in [5, 5.41) is 0. The monoisotopic (exact) mass is 223 g/mol. The van der Waals surface area contributed by atoms with Gasteiger partial charge in [0.25, 0.3) is 0 Å². The van der Waals surface area contributed by atoms with E-state index in [0.717, 1.165) is 11.1 Å². The summed E-state index contributed by atoms with van der Waals surface area (Å²) < 4.78 is 14.4. The quantitative estimate of drug-likeness (QED) is 0.830. The summed E-state index contributed by atoms with van der Waals surface area (Å²) in [7, 11) is 0. The van der Waals surface area contributed by atoms with Crippen molar-refractivity contribution in [3.63, 3.8) is 0 Å². The van der Waals surface area contributed by atoms with Gasteiger partial charge in [0, 0.05) is 5.92 Å². The van der Waals surface area contributed by atoms with Crippen molar-refractivity contribution in [3.05, 3.63) is 34.9 Å². The SMILES string of the molecule is Cc1ccc(C(F)C(CN)C(C)C)c(C)c1. The Hall–Kier alpha value is -0.890. The van der Waals surface area contributed by atoms with Crippen molar-refractivity contribution in [1.29, 1.82) is 0 Å². The number of halogens is 1. The summed E-state index contributed by atoms with van der Waals surface area (Å²) in [5.74, 6) is 0.169. The highest BCUT2D eigenvalue weighted by molar-refractivity contribution is 5.32. The minimum absolute atomic E-state index is 0.0959. The summed E-state index contributed by atoms with van der Waals surface area (Å²) in [6.07, 6.45) is -0.953. The van der Waals surface area contributed by atoms with Gasteiger partial charge >= 0.3 is 0 Å². The van der Waals surface area contributed by atoms with Crippen molar-refractivity contribution in [3.8, 4) is 0 Å². The van der Waals surface area contributed by atoms with E-state index in [0.29, 0.717) is 6.54 Å². The van der Waals surface area contributed by atoms with Crippen LogP contribution in [0, 0.1) is 25.7 Å². The topological polar surface area (TPSA) is 26.0 Å². The number of alkyl halides is 1. The third-order valence-corrected chi connectivity index (χ3v) is 3.23. The van der Waals surface area contributed by atoms with Gasteiger partial charge in [0.05, 0.1) is 0 Å². The van der Waals surface area contributed by atoms with E-state index in [1.807, 2.05) is 45.9 Å². The molecule has 2 unspecified atom stereocenters. The summed E-state index contributed by atoms with van der Waals surface area (Å²) in [6, 6.07) is 5.87. The second-order valence-electron chi connectivity index (χ2n) is 4.91. The zero-order valence-electron chi connectivity index (χ0n) is 10.6. The Bertz CT molecular complexity index is 347. The number of rotatable bonds is 4. The molecule has 0 heterocycles. The van der Waals surface area contributed by atoms with Gasteiger partial charge in [0.15, 0.2) is 0 Å². The van der Waals surface area contributed by atoms with Gasteiger partial charge in [-0.05, 0) is 37.4 Å². The first-order chi connectivity index (χ1) is 7.47. The van der Waals surface area contributed by atoms with Crippen LogP contribution in [-0.4, -0.2) is 6.54 Å². The van der Waals surface area contributed by atoms with Crippen molar-refractivity contribution < 1.29 is 4.39 Å². The van der Waals surface area contributed by atoms with Gasteiger partial charge in [-0.2, -0.15) is 0 Å². The maximum Gasteiger partial charge on any atom is 0.130 e. The van der Waals surface area contributed by atoms with Gasteiger partial charge in [-0.3, -0.25) is 0 Å². The van der Waals surface area contributed by atoms with Gasteiger partial charge in [0.2, 0.25) is 0 Å². The van der Waals surface area contributed by atoms with Crippen LogP contribution in [-0.2, 0) is 0 Å². The molecule has 0 radical (unpaired) electrons. The molecule has 0 aromatic heterocycles. The van der Waals surface area contributed by atoms with Gasteiger partial charge in [-0.1, -0.05) is 37.6 Å². The molecule has 0 amide bonds.